The molecule has 0 atom stereocenters. The van der Waals surface area contributed by atoms with Gasteiger partial charge < -0.3 is 0 Å². The van der Waals surface area contributed by atoms with Crippen LogP contribution in [0, 0.1) is 0 Å². The molecule has 0 saturated heterocycles. The van der Waals surface area contributed by atoms with Crippen molar-refractivity contribution in [3.05, 3.63) is 96.1 Å². The molecule has 0 bridgehead atoms. The van der Waals surface area contributed by atoms with Crippen molar-refractivity contribution in [2.75, 3.05) is 0 Å². The number of Topliss-reactive ketones (excluding diaryl/α,β-unsaturated/α-hetero) is 1. The van der Waals surface area contributed by atoms with E-state index in [2.05, 4.69) is 0 Å². The summed E-state index contributed by atoms with van der Waals surface area (Å²) in [5.41, 5.74) is 3.91. The first-order valence-electron chi connectivity index (χ1n) is 7.06. The fraction of sp³-hybridized carbons (Fsp3) is 0.0500. The Balaban J connectivity index is 1.94. The molecular weight excluding hydrogens is 256 g/mol. The van der Waals surface area contributed by atoms with Crippen LogP contribution in [0.25, 0.3) is 11.1 Å². The number of ketones is 1. The zero-order chi connectivity index (χ0) is 14.5. The summed E-state index contributed by atoms with van der Waals surface area (Å²) in [5.74, 6) is 0.153. The average Bonchev–Trinajstić information content (AvgIpc) is 2.56. The predicted octanol–water partition coefficient (Wildman–Crippen LogP) is 4.78. The Hall–Kier alpha value is -2.67. The highest BCUT2D eigenvalue weighted by molar-refractivity contribution is 6.03. The van der Waals surface area contributed by atoms with Crippen LogP contribution in [0.4, 0.5) is 0 Å². The summed E-state index contributed by atoms with van der Waals surface area (Å²) in [7, 11) is 0. The number of hydrogen-bond donors (Lipinski definition) is 0. The monoisotopic (exact) mass is 272 g/mol. The number of rotatable bonds is 4. The zero-order valence-electron chi connectivity index (χ0n) is 11.7. The minimum absolute atomic E-state index is 0.153. The highest BCUT2D eigenvalue weighted by atomic mass is 16.1. The van der Waals surface area contributed by atoms with E-state index < -0.39 is 0 Å². The maximum absolute atomic E-state index is 12.6. The van der Waals surface area contributed by atoms with E-state index >= 15 is 0 Å². The predicted molar refractivity (Wildman–Crippen MR) is 86.4 cm³/mol. The van der Waals surface area contributed by atoms with Crippen LogP contribution in [-0.2, 0) is 6.42 Å². The Bertz CT molecular complexity index is 730. The van der Waals surface area contributed by atoms with Gasteiger partial charge in [0.2, 0.25) is 0 Å². The molecule has 21 heavy (non-hydrogen) atoms. The third-order valence-corrected chi connectivity index (χ3v) is 3.52. The van der Waals surface area contributed by atoms with Crippen LogP contribution >= 0.6 is 0 Å². The maximum atomic E-state index is 12.6. The van der Waals surface area contributed by atoms with E-state index in [4.69, 9.17) is 0 Å². The van der Waals surface area contributed by atoms with Gasteiger partial charge in [-0.3, -0.25) is 4.79 Å². The van der Waals surface area contributed by atoms with Crippen molar-refractivity contribution in [3.8, 4) is 11.1 Å². The molecule has 3 aromatic rings. The molecule has 0 aromatic heterocycles. The number of carbonyl (C=O) groups is 1. The number of carbonyl (C=O) groups excluding carboxylic acids is 1. The van der Waals surface area contributed by atoms with E-state index in [1.165, 1.54) is 0 Å². The SMILES string of the molecule is O=C(Cc1ccccc1)c1ccccc1-c1ccccc1. The normalized spacial score (nSPS) is 10.3. The minimum Gasteiger partial charge on any atom is -0.294 e. The fourth-order valence-corrected chi connectivity index (χ4v) is 2.47. The summed E-state index contributed by atoms with van der Waals surface area (Å²) in [5, 5.41) is 0. The molecule has 0 radical (unpaired) electrons. The third-order valence-electron chi connectivity index (χ3n) is 3.52. The summed E-state index contributed by atoms with van der Waals surface area (Å²) in [6, 6.07) is 27.7. The topological polar surface area (TPSA) is 17.1 Å². The molecule has 0 heterocycles. The van der Waals surface area contributed by atoms with Gasteiger partial charge in [0, 0.05) is 12.0 Å². The van der Waals surface area contributed by atoms with Crippen molar-refractivity contribution in [3.63, 3.8) is 0 Å². The van der Waals surface area contributed by atoms with Crippen molar-refractivity contribution in [1.82, 2.24) is 0 Å². The first-order valence-corrected chi connectivity index (χ1v) is 7.06. The summed E-state index contributed by atoms with van der Waals surface area (Å²) >= 11 is 0. The minimum atomic E-state index is 0.153. The van der Waals surface area contributed by atoms with Gasteiger partial charge in [0.15, 0.2) is 5.78 Å². The van der Waals surface area contributed by atoms with E-state index in [0.717, 1.165) is 22.3 Å². The maximum Gasteiger partial charge on any atom is 0.167 e. The second-order valence-electron chi connectivity index (χ2n) is 5.00. The second-order valence-corrected chi connectivity index (χ2v) is 5.00. The van der Waals surface area contributed by atoms with Crippen LogP contribution in [0.15, 0.2) is 84.9 Å². The van der Waals surface area contributed by atoms with E-state index in [1.807, 2.05) is 84.9 Å². The first-order chi connectivity index (χ1) is 10.3. The number of benzene rings is 3. The van der Waals surface area contributed by atoms with Crippen LogP contribution in [-0.4, -0.2) is 5.78 Å². The van der Waals surface area contributed by atoms with Crippen molar-refractivity contribution in [2.45, 2.75) is 6.42 Å². The fourth-order valence-electron chi connectivity index (χ4n) is 2.47. The van der Waals surface area contributed by atoms with E-state index in [-0.39, 0.29) is 5.78 Å². The average molecular weight is 272 g/mol. The molecule has 1 nitrogen and oxygen atoms in total. The molecule has 0 aliphatic rings. The van der Waals surface area contributed by atoms with Gasteiger partial charge in [0.1, 0.15) is 0 Å². The van der Waals surface area contributed by atoms with E-state index in [9.17, 15) is 4.79 Å². The molecule has 0 spiro atoms. The van der Waals surface area contributed by atoms with Crippen molar-refractivity contribution in [2.24, 2.45) is 0 Å². The summed E-state index contributed by atoms with van der Waals surface area (Å²) in [6.45, 7) is 0. The van der Waals surface area contributed by atoms with E-state index in [1.54, 1.807) is 0 Å². The van der Waals surface area contributed by atoms with Crippen LogP contribution in [0.5, 0.6) is 0 Å². The molecule has 1 heteroatoms. The van der Waals surface area contributed by atoms with Gasteiger partial charge in [-0.25, -0.2) is 0 Å². The summed E-state index contributed by atoms with van der Waals surface area (Å²) in [4.78, 5) is 12.6. The lowest BCUT2D eigenvalue weighted by Crippen LogP contribution is -2.05. The third kappa shape index (κ3) is 3.09. The van der Waals surface area contributed by atoms with Gasteiger partial charge in [-0.2, -0.15) is 0 Å². The second kappa shape index (κ2) is 6.19. The van der Waals surface area contributed by atoms with Crippen LogP contribution in [0.2, 0.25) is 0 Å². The van der Waals surface area contributed by atoms with Crippen LogP contribution in [0.1, 0.15) is 15.9 Å². The van der Waals surface area contributed by atoms with Crippen LogP contribution < -0.4 is 0 Å². The Labute approximate surface area is 124 Å². The van der Waals surface area contributed by atoms with Gasteiger partial charge in [-0.15, -0.1) is 0 Å². The van der Waals surface area contributed by atoms with Gasteiger partial charge in [0.05, 0.1) is 0 Å². The Morgan fingerprint density at radius 3 is 1.95 bits per heavy atom. The molecule has 0 unspecified atom stereocenters. The Kier molecular flexibility index (Phi) is 3.92. The molecule has 3 rings (SSSR count). The quantitative estimate of drug-likeness (QED) is 0.625. The van der Waals surface area contributed by atoms with Crippen molar-refractivity contribution < 1.29 is 4.79 Å². The van der Waals surface area contributed by atoms with Crippen molar-refractivity contribution >= 4 is 5.78 Å². The van der Waals surface area contributed by atoms with Gasteiger partial charge in [-0.1, -0.05) is 84.9 Å². The lowest BCUT2D eigenvalue weighted by Gasteiger charge is -2.09. The highest BCUT2D eigenvalue weighted by Gasteiger charge is 2.12. The molecule has 0 N–H and O–H groups in total. The molecule has 0 fully saturated rings. The van der Waals surface area contributed by atoms with Crippen molar-refractivity contribution in [1.29, 1.82) is 0 Å². The lowest BCUT2D eigenvalue weighted by molar-refractivity contribution is 0.0993. The Morgan fingerprint density at radius 1 is 0.667 bits per heavy atom. The number of hydrogen-bond acceptors (Lipinski definition) is 1. The highest BCUT2D eigenvalue weighted by Crippen LogP contribution is 2.24. The largest absolute Gasteiger partial charge is 0.294 e. The molecule has 0 aliphatic heterocycles. The molecule has 3 aromatic carbocycles. The molecule has 0 aliphatic carbocycles. The smallest absolute Gasteiger partial charge is 0.167 e. The van der Waals surface area contributed by atoms with E-state index in [0.29, 0.717) is 6.42 Å². The Morgan fingerprint density at radius 2 is 1.24 bits per heavy atom. The van der Waals surface area contributed by atoms with Gasteiger partial charge >= 0.3 is 0 Å². The summed E-state index contributed by atoms with van der Waals surface area (Å²) in [6.07, 6.45) is 0.435. The molecule has 0 saturated carbocycles. The first kappa shape index (κ1) is 13.3. The molecule has 0 amide bonds. The van der Waals surface area contributed by atoms with Gasteiger partial charge in [0.25, 0.3) is 0 Å². The zero-order valence-corrected chi connectivity index (χ0v) is 11.7. The molecule has 102 valence electrons. The molecular formula is C20H16O. The standard InChI is InChI=1S/C20H16O/c21-20(15-16-9-3-1-4-10-16)19-14-8-7-13-18(19)17-11-5-2-6-12-17/h1-14H,15H2. The summed E-state index contributed by atoms with van der Waals surface area (Å²) < 4.78 is 0. The van der Waals surface area contributed by atoms with Gasteiger partial charge in [-0.05, 0) is 16.7 Å². The lowest BCUT2D eigenvalue weighted by atomic mass is 9.94. The van der Waals surface area contributed by atoms with Crippen LogP contribution in [0.3, 0.4) is 0 Å².